The molecule has 34 heavy (non-hydrogen) atoms. The van der Waals surface area contributed by atoms with E-state index in [0.717, 1.165) is 25.8 Å². The molecule has 0 bridgehead atoms. The monoisotopic (exact) mass is 460 g/mol. The predicted octanol–water partition coefficient (Wildman–Crippen LogP) is 3.61. The molecule has 1 N–H and O–H groups in total. The van der Waals surface area contributed by atoms with Crippen LogP contribution in [0, 0.1) is 11.3 Å². The van der Waals surface area contributed by atoms with Gasteiger partial charge in [0.05, 0.1) is 11.6 Å². The van der Waals surface area contributed by atoms with E-state index in [9.17, 15) is 9.59 Å². The first kappa shape index (κ1) is 23.4. The fourth-order valence-electron chi connectivity index (χ4n) is 4.25. The molecule has 4 rings (SSSR count). The third kappa shape index (κ3) is 4.92. The van der Waals surface area contributed by atoms with Gasteiger partial charge < -0.3 is 9.64 Å². The highest BCUT2D eigenvalue weighted by Crippen LogP contribution is 2.23. The van der Waals surface area contributed by atoms with Gasteiger partial charge in [0.25, 0.3) is 11.8 Å². The third-order valence-electron chi connectivity index (χ3n) is 6.08. The van der Waals surface area contributed by atoms with Gasteiger partial charge in [0, 0.05) is 38.4 Å². The summed E-state index contributed by atoms with van der Waals surface area (Å²) in [6, 6.07) is 12.2. The van der Waals surface area contributed by atoms with Crippen LogP contribution < -0.4 is 5.32 Å². The van der Waals surface area contributed by atoms with Gasteiger partial charge >= 0.3 is 0 Å². The number of pyridine rings is 1. The molecule has 0 aliphatic carbocycles. The highest BCUT2D eigenvalue weighted by molar-refractivity contribution is 6.04. The highest BCUT2D eigenvalue weighted by Gasteiger charge is 2.26. The summed E-state index contributed by atoms with van der Waals surface area (Å²) in [6.07, 6.45) is 3.80. The molecule has 0 spiro atoms. The number of ether oxygens (including phenoxy) is 1. The number of fused-ring (bicyclic) bond motifs is 1. The van der Waals surface area contributed by atoms with E-state index in [4.69, 9.17) is 10.00 Å². The number of aromatic nitrogens is 3. The van der Waals surface area contributed by atoms with Crippen LogP contribution in [0.3, 0.4) is 0 Å². The number of amides is 2. The van der Waals surface area contributed by atoms with Gasteiger partial charge in [-0.15, -0.1) is 0 Å². The number of rotatable bonds is 7. The molecule has 1 aliphatic rings. The zero-order chi connectivity index (χ0) is 24.1. The number of aryl methyl sites for hydroxylation is 1. The van der Waals surface area contributed by atoms with Gasteiger partial charge in [-0.25, -0.2) is 9.97 Å². The molecule has 1 aliphatic heterocycles. The molecule has 1 saturated heterocycles. The summed E-state index contributed by atoms with van der Waals surface area (Å²) in [5, 5.41) is 12.0. The first-order valence-corrected chi connectivity index (χ1v) is 11.5. The summed E-state index contributed by atoms with van der Waals surface area (Å²) >= 11 is 0. The van der Waals surface area contributed by atoms with Crippen molar-refractivity contribution in [2.24, 2.45) is 0 Å². The van der Waals surface area contributed by atoms with Crippen LogP contribution in [-0.2, 0) is 11.3 Å². The molecule has 0 unspecified atom stereocenters. The fraction of sp³-hybridized carbons (Fsp3) is 0.400. The van der Waals surface area contributed by atoms with Crippen LogP contribution in [0.25, 0.3) is 11.2 Å². The van der Waals surface area contributed by atoms with Crippen molar-refractivity contribution >= 4 is 28.9 Å². The molecule has 3 aromatic rings. The smallest absolute Gasteiger partial charge is 0.272 e. The van der Waals surface area contributed by atoms with Crippen molar-refractivity contribution in [2.45, 2.75) is 45.2 Å². The van der Waals surface area contributed by atoms with E-state index in [1.165, 1.54) is 6.07 Å². The number of nitrogens with one attached hydrogen (secondary N) is 1. The first-order valence-electron chi connectivity index (χ1n) is 11.5. The molecule has 176 valence electrons. The average molecular weight is 461 g/mol. The van der Waals surface area contributed by atoms with Gasteiger partial charge in [-0.2, -0.15) is 5.26 Å². The van der Waals surface area contributed by atoms with E-state index in [1.54, 1.807) is 42.0 Å². The molecule has 1 fully saturated rings. The van der Waals surface area contributed by atoms with Gasteiger partial charge in [0.15, 0.2) is 5.65 Å². The second-order valence-corrected chi connectivity index (χ2v) is 8.46. The lowest BCUT2D eigenvalue weighted by molar-refractivity contribution is 0.0629. The Morgan fingerprint density at radius 3 is 2.85 bits per heavy atom. The minimum absolute atomic E-state index is 0.0855. The summed E-state index contributed by atoms with van der Waals surface area (Å²) in [7, 11) is 1.63. The van der Waals surface area contributed by atoms with Crippen molar-refractivity contribution in [3.63, 3.8) is 0 Å². The van der Waals surface area contributed by atoms with Crippen molar-refractivity contribution in [2.75, 3.05) is 25.6 Å². The second-order valence-electron chi connectivity index (χ2n) is 8.46. The van der Waals surface area contributed by atoms with Crippen molar-refractivity contribution in [1.29, 1.82) is 5.26 Å². The predicted molar refractivity (Wildman–Crippen MR) is 127 cm³/mol. The largest absolute Gasteiger partial charge is 0.385 e. The molecule has 2 aromatic heterocycles. The van der Waals surface area contributed by atoms with E-state index < -0.39 is 0 Å². The number of hydrogen-bond donors (Lipinski definition) is 1. The molecule has 3 heterocycles. The lowest BCUT2D eigenvalue weighted by Crippen LogP contribution is -2.42. The maximum absolute atomic E-state index is 13.2. The number of anilines is 1. The second kappa shape index (κ2) is 10.4. The number of nitriles is 1. The van der Waals surface area contributed by atoms with E-state index in [2.05, 4.69) is 22.2 Å². The number of imidazole rings is 1. The summed E-state index contributed by atoms with van der Waals surface area (Å²) < 4.78 is 6.99. The van der Waals surface area contributed by atoms with Gasteiger partial charge in [-0.1, -0.05) is 6.07 Å². The van der Waals surface area contributed by atoms with Gasteiger partial charge in [-0.3, -0.25) is 19.5 Å². The summed E-state index contributed by atoms with van der Waals surface area (Å²) in [5.41, 5.74) is 2.25. The number of carbonyl (C=O) groups excluding carboxylic acids is 2. The molecule has 9 nitrogen and oxygen atoms in total. The number of nitrogens with zero attached hydrogens (tertiary/aromatic N) is 5. The Bertz CT molecular complexity index is 1250. The Labute approximate surface area is 198 Å². The third-order valence-corrected chi connectivity index (χ3v) is 6.08. The van der Waals surface area contributed by atoms with Gasteiger partial charge in [0.2, 0.25) is 5.95 Å². The average Bonchev–Trinajstić information content (AvgIpc) is 3.20. The van der Waals surface area contributed by atoms with Crippen molar-refractivity contribution in [3.8, 4) is 6.07 Å². The quantitative estimate of drug-likeness (QED) is 0.539. The molecular weight excluding hydrogens is 432 g/mol. The van der Waals surface area contributed by atoms with Gasteiger partial charge in [0.1, 0.15) is 11.2 Å². The van der Waals surface area contributed by atoms with Crippen molar-refractivity contribution < 1.29 is 14.3 Å². The van der Waals surface area contributed by atoms with Crippen LogP contribution in [0.1, 0.15) is 59.0 Å². The Morgan fingerprint density at radius 1 is 1.24 bits per heavy atom. The van der Waals surface area contributed by atoms with Crippen LogP contribution in [0.15, 0.2) is 36.4 Å². The summed E-state index contributed by atoms with van der Waals surface area (Å²) in [6.45, 7) is 3.83. The number of methoxy groups -OCH3 is 1. The standard InChI is InChI=1S/C25H28N6O3/c1-17-7-3-4-12-30(17)24(33)21-11-10-20-22(27-21)31(13-6-14-34-2)25(28-20)29-23(32)19-9-5-8-18(15-19)16-26/h5,8-11,15,17H,3-4,6-7,12-14H2,1-2H3,(H,28,29,32)/t17-/m1/s1. The molecule has 0 saturated carbocycles. The first-order chi connectivity index (χ1) is 16.5. The summed E-state index contributed by atoms with van der Waals surface area (Å²) in [5.74, 6) is -0.126. The summed E-state index contributed by atoms with van der Waals surface area (Å²) in [4.78, 5) is 37.2. The topological polar surface area (TPSA) is 113 Å². The zero-order valence-electron chi connectivity index (χ0n) is 19.5. The van der Waals surface area contributed by atoms with E-state index >= 15 is 0 Å². The van der Waals surface area contributed by atoms with E-state index in [1.807, 2.05) is 11.0 Å². The van der Waals surface area contributed by atoms with E-state index in [-0.39, 0.29) is 17.9 Å². The number of carbonyl (C=O) groups is 2. The Hall–Kier alpha value is -3.77. The van der Waals surface area contributed by atoms with Crippen LogP contribution in [0.5, 0.6) is 0 Å². The molecule has 0 radical (unpaired) electrons. The number of likely N-dealkylation sites (tertiary alicyclic amines) is 1. The fourth-order valence-corrected chi connectivity index (χ4v) is 4.25. The maximum atomic E-state index is 13.2. The van der Waals surface area contributed by atoms with Crippen LogP contribution >= 0.6 is 0 Å². The minimum atomic E-state index is -0.376. The molecule has 9 heteroatoms. The van der Waals surface area contributed by atoms with Gasteiger partial charge in [-0.05, 0) is 62.9 Å². The Morgan fingerprint density at radius 2 is 2.09 bits per heavy atom. The van der Waals surface area contributed by atoms with Crippen molar-refractivity contribution in [3.05, 3.63) is 53.2 Å². The van der Waals surface area contributed by atoms with Crippen LogP contribution in [0.2, 0.25) is 0 Å². The molecular formula is C25H28N6O3. The van der Waals surface area contributed by atoms with Crippen molar-refractivity contribution in [1.82, 2.24) is 19.4 Å². The lowest BCUT2D eigenvalue weighted by Gasteiger charge is -2.33. The lowest BCUT2D eigenvalue weighted by atomic mass is 10.0. The van der Waals surface area contributed by atoms with E-state index in [0.29, 0.717) is 53.5 Å². The number of benzene rings is 1. The van der Waals surface area contributed by atoms with Crippen LogP contribution in [-0.4, -0.2) is 57.6 Å². The number of piperidine rings is 1. The Kier molecular flexibility index (Phi) is 7.18. The van der Waals surface area contributed by atoms with Crippen LogP contribution in [0.4, 0.5) is 5.95 Å². The number of hydrogen-bond acceptors (Lipinski definition) is 6. The zero-order valence-corrected chi connectivity index (χ0v) is 19.5. The molecule has 1 aromatic carbocycles. The Balaban J connectivity index is 1.67. The molecule has 2 amide bonds. The highest BCUT2D eigenvalue weighted by atomic mass is 16.5. The molecule has 1 atom stereocenters. The normalized spacial score (nSPS) is 15.8. The maximum Gasteiger partial charge on any atom is 0.272 e. The minimum Gasteiger partial charge on any atom is -0.385 e. The SMILES string of the molecule is COCCCn1c(NC(=O)c2cccc(C#N)c2)nc2ccc(C(=O)N3CCCC[C@H]3C)nc21.